The predicted octanol–water partition coefficient (Wildman–Crippen LogP) is 3.81. The van der Waals surface area contributed by atoms with Crippen LogP contribution in [0.5, 0.6) is 0 Å². The lowest BCUT2D eigenvalue weighted by molar-refractivity contribution is -0.134. The Morgan fingerprint density at radius 3 is 2.50 bits per heavy atom. The van der Waals surface area contributed by atoms with Crippen molar-refractivity contribution in [2.75, 3.05) is 5.32 Å². The first kappa shape index (κ1) is 17.3. The van der Waals surface area contributed by atoms with Crippen LogP contribution >= 0.6 is 0 Å². The summed E-state index contributed by atoms with van der Waals surface area (Å²) in [4.78, 5) is 27.3. The summed E-state index contributed by atoms with van der Waals surface area (Å²) in [6.45, 7) is 6.85. The van der Waals surface area contributed by atoms with Crippen LogP contribution in [0.2, 0.25) is 0 Å². The molecule has 2 rings (SSSR count). The number of carbonyl (C=O) groups is 2. The van der Waals surface area contributed by atoms with Crippen molar-refractivity contribution in [3.05, 3.63) is 72.1 Å². The number of anilines is 1. The van der Waals surface area contributed by atoms with Crippen LogP contribution in [0.25, 0.3) is 5.76 Å². The van der Waals surface area contributed by atoms with Crippen molar-refractivity contribution in [2.45, 2.75) is 20.3 Å². The molecule has 0 bridgehead atoms. The standard InChI is InChI=1S/C19H20N2O3/c1-4-8-17(19(23)21-15-9-6-5-7-10-15)18(24-14(3)22)16-11-12-20-13(16)2/h4-7,9-12,20H,1,8H2,2-3H3,(H,21,23)/b18-17+. The monoisotopic (exact) mass is 324 g/mol. The number of ether oxygens (including phenoxy) is 1. The number of hydrogen-bond donors (Lipinski definition) is 2. The fraction of sp³-hybridized carbons (Fsp3) is 0.158. The Morgan fingerprint density at radius 1 is 1.25 bits per heavy atom. The average Bonchev–Trinajstić information content (AvgIpc) is 2.97. The molecular formula is C19H20N2O3. The number of hydrogen-bond acceptors (Lipinski definition) is 3. The third kappa shape index (κ3) is 4.23. The minimum atomic E-state index is -0.486. The summed E-state index contributed by atoms with van der Waals surface area (Å²) in [5, 5.41) is 2.82. The Labute approximate surface area is 141 Å². The van der Waals surface area contributed by atoms with Crippen molar-refractivity contribution in [1.29, 1.82) is 0 Å². The Morgan fingerprint density at radius 2 is 1.96 bits per heavy atom. The summed E-state index contributed by atoms with van der Waals surface area (Å²) in [5.41, 5.74) is 2.48. The molecule has 0 radical (unpaired) electrons. The van der Waals surface area contributed by atoms with E-state index in [4.69, 9.17) is 4.74 Å². The topological polar surface area (TPSA) is 71.2 Å². The van der Waals surface area contributed by atoms with Gasteiger partial charge in [0.15, 0.2) is 0 Å². The first-order chi connectivity index (χ1) is 11.5. The number of H-pyrrole nitrogens is 1. The maximum Gasteiger partial charge on any atom is 0.308 e. The maximum absolute atomic E-state index is 12.7. The van der Waals surface area contributed by atoms with Crippen molar-refractivity contribution in [1.82, 2.24) is 4.98 Å². The molecule has 0 aliphatic heterocycles. The molecule has 0 aliphatic carbocycles. The average molecular weight is 324 g/mol. The molecule has 1 aromatic heterocycles. The van der Waals surface area contributed by atoms with E-state index in [1.165, 1.54) is 6.92 Å². The molecule has 0 atom stereocenters. The molecule has 0 fully saturated rings. The third-order valence-corrected chi connectivity index (χ3v) is 3.37. The number of amides is 1. The molecule has 124 valence electrons. The van der Waals surface area contributed by atoms with Crippen molar-refractivity contribution in [3.63, 3.8) is 0 Å². The van der Waals surface area contributed by atoms with Gasteiger partial charge in [0.25, 0.3) is 5.91 Å². The van der Waals surface area contributed by atoms with Crippen molar-refractivity contribution in [3.8, 4) is 0 Å². The highest BCUT2D eigenvalue weighted by atomic mass is 16.5. The van der Waals surface area contributed by atoms with Gasteiger partial charge in [-0.15, -0.1) is 6.58 Å². The first-order valence-electron chi connectivity index (χ1n) is 7.56. The predicted molar refractivity (Wildman–Crippen MR) is 94.1 cm³/mol. The summed E-state index contributed by atoms with van der Waals surface area (Å²) < 4.78 is 5.36. The zero-order valence-corrected chi connectivity index (χ0v) is 13.8. The Bertz CT molecular complexity index is 773. The highest BCUT2D eigenvalue weighted by molar-refractivity contribution is 6.09. The Kier molecular flexibility index (Phi) is 5.73. The number of allylic oxidation sites excluding steroid dienone is 1. The zero-order valence-electron chi connectivity index (χ0n) is 13.8. The molecule has 2 aromatic rings. The molecule has 5 nitrogen and oxygen atoms in total. The molecular weight excluding hydrogens is 304 g/mol. The second-order valence-corrected chi connectivity index (χ2v) is 5.23. The Hall–Kier alpha value is -3.08. The number of nitrogens with one attached hydrogen (secondary N) is 2. The lowest BCUT2D eigenvalue weighted by Crippen LogP contribution is -2.17. The van der Waals surface area contributed by atoms with Crippen LogP contribution in [-0.4, -0.2) is 16.9 Å². The highest BCUT2D eigenvalue weighted by Crippen LogP contribution is 2.26. The molecule has 1 amide bonds. The summed E-state index contributed by atoms with van der Waals surface area (Å²) in [6.07, 6.45) is 3.60. The fourth-order valence-electron chi connectivity index (χ4n) is 2.28. The van der Waals surface area contributed by atoms with E-state index >= 15 is 0 Å². The van der Waals surface area contributed by atoms with Gasteiger partial charge in [-0.05, 0) is 31.5 Å². The van der Waals surface area contributed by atoms with E-state index in [1.54, 1.807) is 30.5 Å². The number of aromatic amines is 1. The number of rotatable bonds is 6. The van der Waals surface area contributed by atoms with Gasteiger partial charge in [-0.25, -0.2) is 0 Å². The zero-order chi connectivity index (χ0) is 17.5. The smallest absolute Gasteiger partial charge is 0.308 e. The van der Waals surface area contributed by atoms with E-state index in [2.05, 4.69) is 16.9 Å². The lowest BCUT2D eigenvalue weighted by Gasteiger charge is -2.14. The molecule has 2 N–H and O–H groups in total. The number of benzene rings is 1. The van der Waals surface area contributed by atoms with E-state index < -0.39 is 5.97 Å². The summed E-state index contributed by atoms with van der Waals surface area (Å²) in [7, 11) is 0. The quantitative estimate of drug-likeness (QED) is 0.367. The molecule has 0 saturated heterocycles. The molecule has 1 heterocycles. The van der Waals surface area contributed by atoms with E-state index in [9.17, 15) is 9.59 Å². The van der Waals surface area contributed by atoms with Crippen molar-refractivity contribution >= 4 is 23.3 Å². The fourth-order valence-corrected chi connectivity index (χ4v) is 2.28. The molecule has 5 heteroatoms. The van der Waals surface area contributed by atoms with Crippen molar-refractivity contribution in [2.24, 2.45) is 0 Å². The van der Waals surface area contributed by atoms with E-state index in [0.29, 0.717) is 16.8 Å². The normalized spacial score (nSPS) is 11.4. The lowest BCUT2D eigenvalue weighted by atomic mass is 10.0. The maximum atomic E-state index is 12.7. The molecule has 0 aliphatic rings. The van der Waals surface area contributed by atoms with Crippen LogP contribution < -0.4 is 5.32 Å². The van der Waals surface area contributed by atoms with Gasteiger partial charge in [-0.1, -0.05) is 24.3 Å². The number of carbonyl (C=O) groups excluding carboxylic acids is 2. The van der Waals surface area contributed by atoms with Gasteiger partial charge in [0.1, 0.15) is 5.76 Å². The molecule has 0 saturated carbocycles. The summed E-state index contributed by atoms with van der Waals surface area (Å²) in [6, 6.07) is 10.9. The van der Waals surface area contributed by atoms with Gasteiger partial charge in [-0.2, -0.15) is 0 Å². The Balaban J connectivity index is 2.47. The van der Waals surface area contributed by atoms with Gasteiger partial charge >= 0.3 is 5.97 Å². The van der Waals surface area contributed by atoms with Crippen molar-refractivity contribution < 1.29 is 14.3 Å². The molecule has 0 unspecified atom stereocenters. The second kappa shape index (κ2) is 7.97. The SMILES string of the molecule is C=CC/C(C(=O)Nc1ccccc1)=C(\OC(C)=O)c1cc[nH]c1C. The van der Waals surface area contributed by atoms with Crippen LogP contribution in [0.4, 0.5) is 5.69 Å². The van der Waals surface area contributed by atoms with Crippen LogP contribution in [0, 0.1) is 6.92 Å². The second-order valence-electron chi connectivity index (χ2n) is 5.23. The van der Waals surface area contributed by atoms with Gasteiger partial charge in [0, 0.05) is 30.1 Å². The van der Waals surface area contributed by atoms with E-state index in [0.717, 1.165) is 5.69 Å². The molecule has 0 spiro atoms. The minimum Gasteiger partial charge on any atom is -0.425 e. The molecule has 1 aromatic carbocycles. The minimum absolute atomic E-state index is 0.245. The number of aryl methyl sites for hydroxylation is 1. The van der Waals surface area contributed by atoms with Crippen LogP contribution in [-0.2, 0) is 14.3 Å². The van der Waals surface area contributed by atoms with E-state index in [-0.39, 0.29) is 18.1 Å². The number of esters is 1. The third-order valence-electron chi connectivity index (χ3n) is 3.37. The largest absolute Gasteiger partial charge is 0.425 e. The van der Waals surface area contributed by atoms with Gasteiger partial charge in [-0.3, -0.25) is 9.59 Å². The van der Waals surface area contributed by atoms with Gasteiger partial charge in [0.05, 0.1) is 5.57 Å². The van der Waals surface area contributed by atoms with Crippen LogP contribution in [0.1, 0.15) is 24.6 Å². The van der Waals surface area contributed by atoms with Crippen LogP contribution in [0.15, 0.2) is 60.8 Å². The number of aromatic nitrogens is 1. The van der Waals surface area contributed by atoms with Crippen LogP contribution in [0.3, 0.4) is 0 Å². The van der Waals surface area contributed by atoms with E-state index in [1.807, 2.05) is 25.1 Å². The highest BCUT2D eigenvalue weighted by Gasteiger charge is 2.21. The first-order valence-corrected chi connectivity index (χ1v) is 7.56. The number of para-hydroxylation sites is 1. The van der Waals surface area contributed by atoms with Gasteiger partial charge in [0.2, 0.25) is 0 Å². The summed E-state index contributed by atoms with van der Waals surface area (Å²) in [5.74, 6) is -0.577. The summed E-state index contributed by atoms with van der Waals surface area (Å²) >= 11 is 0. The van der Waals surface area contributed by atoms with Gasteiger partial charge < -0.3 is 15.0 Å². The molecule has 24 heavy (non-hydrogen) atoms.